The minimum absolute atomic E-state index is 0.000660. The molecule has 3 heterocycles. The third kappa shape index (κ3) is 6.05. The molecular weight excluding hydrogens is 549 g/mol. The molecule has 3 aromatic rings. The van der Waals surface area contributed by atoms with Gasteiger partial charge in [-0.25, -0.2) is 4.98 Å². The number of pyridine rings is 1. The lowest BCUT2D eigenvalue weighted by molar-refractivity contribution is 0.0707. The van der Waals surface area contributed by atoms with Crippen LogP contribution in [-0.2, 0) is 0 Å². The molecule has 0 spiro atoms. The SMILES string of the molecule is CN1CCN(c2ccc(C(=O)Nc3ccc(C4CCN(C(=O)c5ccc(Br)nc5F)CC4)cc3)cc2)CC1. The molecule has 0 saturated carbocycles. The molecule has 9 heteroatoms. The minimum atomic E-state index is -0.755. The van der Waals surface area contributed by atoms with Gasteiger partial charge in [-0.1, -0.05) is 12.1 Å². The number of piperazine rings is 1. The largest absolute Gasteiger partial charge is 0.369 e. The predicted molar refractivity (Wildman–Crippen MR) is 150 cm³/mol. The quantitative estimate of drug-likeness (QED) is 0.430. The Morgan fingerprint density at radius 1 is 0.895 bits per heavy atom. The molecule has 0 radical (unpaired) electrons. The fraction of sp³-hybridized carbons (Fsp3) is 0.345. The van der Waals surface area contributed by atoms with E-state index < -0.39 is 5.95 Å². The number of likely N-dealkylation sites (tertiary alicyclic amines) is 1. The highest BCUT2D eigenvalue weighted by atomic mass is 79.9. The first-order valence-corrected chi connectivity index (χ1v) is 13.7. The number of amides is 2. The zero-order valence-corrected chi connectivity index (χ0v) is 23.0. The molecule has 198 valence electrons. The average molecular weight is 581 g/mol. The van der Waals surface area contributed by atoms with E-state index in [0.29, 0.717) is 29.2 Å². The van der Waals surface area contributed by atoms with Crippen LogP contribution in [0.5, 0.6) is 0 Å². The summed E-state index contributed by atoms with van der Waals surface area (Å²) in [5.41, 5.74) is 3.68. The highest BCUT2D eigenvalue weighted by Gasteiger charge is 2.26. The maximum Gasteiger partial charge on any atom is 0.258 e. The lowest BCUT2D eigenvalue weighted by atomic mass is 9.89. The fourth-order valence-corrected chi connectivity index (χ4v) is 5.38. The number of anilines is 2. The van der Waals surface area contributed by atoms with Crippen molar-refractivity contribution in [3.05, 3.63) is 87.9 Å². The Balaban J connectivity index is 1.13. The smallest absolute Gasteiger partial charge is 0.258 e. The van der Waals surface area contributed by atoms with Crippen LogP contribution in [0.25, 0.3) is 0 Å². The summed E-state index contributed by atoms with van der Waals surface area (Å²) in [4.78, 5) is 35.6. The lowest BCUT2D eigenvalue weighted by Crippen LogP contribution is -2.44. The molecule has 5 rings (SSSR count). The molecule has 0 aliphatic carbocycles. The summed E-state index contributed by atoms with van der Waals surface area (Å²) in [7, 11) is 2.13. The number of piperidine rings is 1. The summed E-state index contributed by atoms with van der Waals surface area (Å²) in [6.07, 6.45) is 1.59. The van der Waals surface area contributed by atoms with Gasteiger partial charge in [-0.05, 0) is 95.8 Å². The maximum absolute atomic E-state index is 14.1. The van der Waals surface area contributed by atoms with Crippen LogP contribution in [0.15, 0.2) is 65.3 Å². The second-order valence-corrected chi connectivity index (χ2v) is 10.8. The van der Waals surface area contributed by atoms with Gasteiger partial charge in [0.1, 0.15) is 4.60 Å². The van der Waals surface area contributed by atoms with Gasteiger partial charge in [0, 0.05) is 56.2 Å². The van der Waals surface area contributed by atoms with E-state index in [1.54, 1.807) is 11.0 Å². The van der Waals surface area contributed by atoms with Crippen molar-refractivity contribution in [1.29, 1.82) is 0 Å². The van der Waals surface area contributed by atoms with Crippen LogP contribution in [0.1, 0.15) is 45.0 Å². The summed E-state index contributed by atoms with van der Waals surface area (Å²) in [6, 6.07) is 18.7. The van der Waals surface area contributed by atoms with Crippen LogP contribution >= 0.6 is 15.9 Å². The molecule has 7 nitrogen and oxygen atoms in total. The normalized spacial score (nSPS) is 16.9. The van der Waals surface area contributed by atoms with Gasteiger partial charge in [0.05, 0.1) is 5.56 Å². The fourth-order valence-electron chi connectivity index (χ4n) is 5.09. The van der Waals surface area contributed by atoms with Gasteiger partial charge in [0.25, 0.3) is 11.8 Å². The summed E-state index contributed by atoms with van der Waals surface area (Å²) in [6.45, 7) is 5.18. The minimum Gasteiger partial charge on any atom is -0.369 e. The summed E-state index contributed by atoms with van der Waals surface area (Å²) in [5, 5.41) is 2.99. The molecule has 2 aromatic carbocycles. The molecular formula is C29H31BrFN5O2. The monoisotopic (exact) mass is 579 g/mol. The number of benzene rings is 2. The van der Waals surface area contributed by atoms with Crippen molar-refractivity contribution in [2.75, 3.05) is 56.5 Å². The van der Waals surface area contributed by atoms with E-state index >= 15 is 0 Å². The van der Waals surface area contributed by atoms with Crippen molar-refractivity contribution in [3.63, 3.8) is 0 Å². The molecule has 2 aliphatic heterocycles. The first kappa shape index (κ1) is 26.3. The average Bonchev–Trinajstić information content (AvgIpc) is 2.94. The zero-order valence-electron chi connectivity index (χ0n) is 21.4. The molecule has 0 unspecified atom stereocenters. The van der Waals surface area contributed by atoms with Crippen LogP contribution in [0.3, 0.4) is 0 Å². The van der Waals surface area contributed by atoms with E-state index in [1.807, 2.05) is 48.5 Å². The van der Waals surface area contributed by atoms with Gasteiger partial charge in [-0.2, -0.15) is 4.39 Å². The maximum atomic E-state index is 14.1. The van der Waals surface area contributed by atoms with Crippen molar-refractivity contribution >= 4 is 39.1 Å². The standard InChI is InChI=1S/C29H31BrFN5O2/c1-34-16-18-35(19-17-34)24-8-4-22(5-9-24)28(37)32-23-6-2-20(3-7-23)21-12-14-36(15-13-21)29(38)25-10-11-26(30)33-27(25)31/h2-11,21H,12-19H2,1H3,(H,32,37). The predicted octanol–water partition coefficient (Wildman–Crippen LogP) is 5.01. The van der Waals surface area contributed by atoms with Crippen LogP contribution in [0.4, 0.5) is 15.8 Å². The second kappa shape index (κ2) is 11.6. The number of carbonyl (C=O) groups excluding carboxylic acids is 2. The Morgan fingerprint density at radius 3 is 2.18 bits per heavy atom. The topological polar surface area (TPSA) is 68.8 Å². The van der Waals surface area contributed by atoms with E-state index in [9.17, 15) is 14.0 Å². The third-order valence-electron chi connectivity index (χ3n) is 7.47. The Morgan fingerprint density at radius 2 is 1.55 bits per heavy atom. The molecule has 1 aromatic heterocycles. The van der Waals surface area contributed by atoms with E-state index in [4.69, 9.17) is 0 Å². The zero-order chi connectivity index (χ0) is 26.6. The number of hydrogen-bond donors (Lipinski definition) is 1. The Labute approximate surface area is 230 Å². The van der Waals surface area contributed by atoms with Gasteiger partial charge in [-0.3, -0.25) is 9.59 Å². The molecule has 0 atom stereocenters. The number of hydrogen-bond acceptors (Lipinski definition) is 5. The molecule has 2 fully saturated rings. The summed E-state index contributed by atoms with van der Waals surface area (Å²) >= 11 is 3.12. The van der Waals surface area contributed by atoms with Gasteiger partial charge in [-0.15, -0.1) is 0 Å². The Hall–Kier alpha value is -3.30. The number of aromatic nitrogens is 1. The van der Waals surface area contributed by atoms with Crippen LogP contribution in [-0.4, -0.2) is 72.9 Å². The van der Waals surface area contributed by atoms with Crippen molar-refractivity contribution in [1.82, 2.24) is 14.8 Å². The highest BCUT2D eigenvalue weighted by Crippen LogP contribution is 2.30. The molecule has 1 N–H and O–H groups in total. The summed E-state index contributed by atoms with van der Waals surface area (Å²) in [5.74, 6) is -0.909. The van der Waals surface area contributed by atoms with E-state index in [1.165, 1.54) is 11.6 Å². The third-order valence-corrected chi connectivity index (χ3v) is 7.91. The van der Waals surface area contributed by atoms with E-state index in [2.05, 4.69) is 43.1 Å². The number of nitrogens with one attached hydrogen (secondary N) is 1. The van der Waals surface area contributed by atoms with Crippen LogP contribution in [0.2, 0.25) is 0 Å². The number of halogens is 2. The van der Waals surface area contributed by atoms with Crippen molar-refractivity contribution in [2.45, 2.75) is 18.8 Å². The highest BCUT2D eigenvalue weighted by molar-refractivity contribution is 9.10. The van der Waals surface area contributed by atoms with Gasteiger partial charge >= 0.3 is 0 Å². The molecule has 0 bridgehead atoms. The van der Waals surface area contributed by atoms with Crippen LogP contribution in [0, 0.1) is 5.95 Å². The molecule has 2 saturated heterocycles. The first-order valence-electron chi connectivity index (χ1n) is 12.9. The molecule has 2 amide bonds. The Kier molecular flexibility index (Phi) is 8.04. The van der Waals surface area contributed by atoms with Crippen LogP contribution < -0.4 is 10.2 Å². The number of nitrogens with zero attached hydrogens (tertiary/aromatic N) is 4. The van der Waals surface area contributed by atoms with Crippen molar-refractivity contribution in [3.8, 4) is 0 Å². The van der Waals surface area contributed by atoms with Crippen molar-refractivity contribution in [2.24, 2.45) is 0 Å². The molecule has 38 heavy (non-hydrogen) atoms. The van der Waals surface area contributed by atoms with Crippen molar-refractivity contribution < 1.29 is 14.0 Å². The molecule has 2 aliphatic rings. The Bertz CT molecular complexity index is 1290. The van der Waals surface area contributed by atoms with E-state index in [-0.39, 0.29) is 17.4 Å². The van der Waals surface area contributed by atoms with Gasteiger partial charge in [0.15, 0.2) is 0 Å². The lowest BCUT2D eigenvalue weighted by Gasteiger charge is -2.34. The first-order chi connectivity index (χ1) is 18.4. The number of likely N-dealkylation sites (N-methyl/N-ethyl adjacent to an activating group) is 1. The number of carbonyl (C=O) groups is 2. The van der Waals surface area contributed by atoms with Gasteiger partial charge in [0.2, 0.25) is 5.95 Å². The second-order valence-electron chi connectivity index (χ2n) is 9.95. The number of rotatable bonds is 5. The van der Waals surface area contributed by atoms with Gasteiger partial charge < -0.3 is 20.0 Å². The van der Waals surface area contributed by atoms with E-state index in [0.717, 1.165) is 50.4 Å². The summed E-state index contributed by atoms with van der Waals surface area (Å²) < 4.78 is 14.5.